The largest absolute Gasteiger partial charge is 0.484 e. The number of ether oxygens (including phenoxy) is 1. The Hall–Kier alpha value is -1.62. The van der Waals surface area contributed by atoms with Gasteiger partial charge in [-0.25, -0.2) is 4.39 Å². The standard InChI is InChI=1S/C12H16FNO3/c1-9(7-15)14(2)12(16)8-17-11-5-3-4-10(13)6-11/h3-6,9,15H,7-8H2,1-2H3. The average molecular weight is 241 g/mol. The Morgan fingerprint density at radius 1 is 1.59 bits per heavy atom. The Balaban J connectivity index is 2.48. The Morgan fingerprint density at radius 2 is 2.29 bits per heavy atom. The molecule has 0 heterocycles. The van der Waals surface area contributed by atoms with Gasteiger partial charge in [0.2, 0.25) is 0 Å². The minimum Gasteiger partial charge on any atom is -0.484 e. The molecule has 17 heavy (non-hydrogen) atoms. The second kappa shape index (κ2) is 6.20. The van der Waals surface area contributed by atoms with Gasteiger partial charge in [-0.15, -0.1) is 0 Å². The summed E-state index contributed by atoms with van der Waals surface area (Å²) in [5.41, 5.74) is 0. The van der Waals surface area contributed by atoms with Gasteiger partial charge in [-0.05, 0) is 19.1 Å². The van der Waals surface area contributed by atoms with Gasteiger partial charge in [0, 0.05) is 13.1 Å². The molecule has 0 bridgehead atoms. The van der Waals surface area contributed by atoms with Crippen molar-refractivity contribution in [2.75, 3.05) is 20.3 Å². The second-order valence-electron chi connectivity index (χ2n) is 3.78. The van der Waals surface area contributed by atoms with Crippen LogP contribution in [0.4, 0.5) is 4.39 Å². The number of halogens is 1. The van der Waals surface area contributed by atoms with Gasteiger partial charge < -0.3 is 14.7 Å². The van der Waals surface area contributed by atoms with Gasteiger partial charge in [0.25, 0.3) is 5.91 Å². The van der Waals surface area contributed by atoms with Crippen LogP contribution >= 0.6 is 0 Å². The summed E-state index contributed by atoms with van der Waals surface area (Å²) < 4.78 is 18.0. The summed E-state index contributed by atoms with van der Waals surface area (Å²) in [7, 11) is 1.58. The van der Waals surface area contributed by atoms with E-state index in [1.165, 1.54) is 23.1 Å². The zero-order valence-electron chi connectivity index (χ0n) is 9.89. The number of nitrogens with zero attached hydrogens (tertiary/aromatic N) is 1. The van der Waals surface area contributed by atoms with Crippen molar-refractivity contribution in [1.82, 2.24) is 4.90 Å². The van der Waals surface area contributed by atoms with Crippen molar-refractivity contribution in [2.45, 2.75) is 13.0 Å². The van der Waals surface area contributed by atoms with Crippen molar-refractivity contribution in [1.29, 1.82) is 0 Å². The molecule has 0 aliphatic heterocycles. The van der Waals surface area contributed by atoms with E-state index < -0.39 is 5.82 Å². The van der Waals surface area contributed by atoms with Crippen LogP contribution in [0.1, 0.15) is 6.92 Å². The molecule has 1 aromatic carbocycles. The second-order valence-corrected chi connectivity index (χ2v) is 3.78. The van der Waals surface area contributed by atoms with Crippen LogP contribution in [0, 0.1) is 5.82 Å². The van der Waals surface area contributed by atoms with Gasteiger partial charge in [0.05, 0.1) is 12.6 Å². The number of benzene rings is 1. The molecule has 0 saturated heterocycles. The number of hydrogen-bond donors (Lipinski definition) is 1. The molecule has 1 aromatic rings. The summed E-state index contributed by atoms with van der Waals surface area (Å²) in [6.07, 6.45) is 0. The summed E-state index contributed by atoms with van der Waals surface area (Å²) in [5.74, 6) is -0.369. The van der Waals surface area contributed by atoms with E-state index in [-0.39, 0.29) is 25.2 Å². The number of carbonyl (C=O) groups excluding carboxylic acids is 1. The minimum absolute atomic E-state index is 0.109. The Morgan fingerprint density at radius 3 is 2.88 bits per heavy atom. The highest BCUT2D eigenvalue weighted by Gasteiger charge is 2.15. The van der Waals surface area contributed by atoms with Crippen LogP contribution in [0.25, 0.3) is 0 Å². The van der Waals surface area contributed by atoms with Crippen LogP contribution in [0.3, 0.4) is 0 Å². The van der Waals surface area contributed by atoms with Crippen molar-refractivity contribution < 1.29 is 19.0 Å². The lowest BCUT2D eigenvalue weighted by atomic mass is 10.3. The predicted molar refractivity (Wildman–Crippen MR) is 61.2 cm³/mol. The van der Waals surface area contributed by atoms with Crippen LogP contribution < -0.4 is 4.74 Å². The molecular formula is C12H16FNO3. The summed E-state index contributed by atoms with van der Waals surface area (Å²) in [5, 5.41) is 8.89. The summed E-state index contributed by atoms with van der Waals surface area (Å²) in [6, 6.07) is 5.33. The van der Waals surface area contributed by atoms with Gasteiger partial charge in [0.1, 0.15) is 11.6 Å². The molecule has 0 saturated carbocycles. The fourth-order valence-electron chi connectivity index (χ4n) is 1.17. The first kappa shape index (κ1) is 13.4. The van der Waals surface area contributed by atoms with Gasteiger partial charge in [-0.2, -0.15) is 0 Å². The van der Waals surface area contributed by atoms with Crippen LogP contribution in [0.15, 0.2) is 24.3 Å². The van der Waals surface area contributed by atoms with Crippen LogP contribution in [0.2, 0.25) is 0 Å². The van der Waals surface area contributed by atoms with Crippen molar-refractivity contribution in [3.8, 4) is 5.75 Å². The third-order valence-corrected chi connectivity index (χ3v) is 2.48. The third-order valence-electron chi connectivity index (χ3n) is 2.48. The maximum absolute atomic E-state index is 12.8. The average Bonchev–Trinajstić information content (AvgIpc) is 2.34. The fraction of sp³-hybridized carbons (Fsp3) is 0.417. The molecule has 0 aliphatic rings. The highest BCUT2D eigenvalue weighted by atomic mass is 19.1. The number of carbonyl (C=O) groups is 1. The van der Waals surface area contributed by atoms with Crippen LogP contribution in [-0.4, -0.2) is 42.2 Å². The Bertz CT molecular complexity index is 384. The number of amides is 1. The van der Waals surface area contributed by atoms with Gasteiger partial charge in [-0.3, -0.25) is 4.79 Å². The Kier molecular flexibility index (Phi) is 4.90. The molecule has 1 unspecified atom stereocenters. The van der Waals surface area contributed by atoms with E-state index in [2.05, 4.69) is 0 Å². The number of rotatable bonds is 5. The molecule has 1 atom stereocenters. The van der Waals surface area contributed by atoms with E-state index in [0.29, 0.717) is 5.75 Å². The molecule has 5 heteroatoms. The lowest BCUT2D eigenvalue weighted by molar-refractivity contribution is -0.134. The molecule has 4 nitrogen and oxygen atoms in total. The summed E-state index contributed by atoms with van der Waals surface area (Å²) >= 11 is 0. The lowest BCUT2D eigenvalue weighted by Crippen LogP contribution is -2.40. The van der Waals surface area contributed by atoms with Crippen molar-refractivity contribution in [3.63, 3.8) is 0 Å². The maximum Gasteiger partial charge on any atom is 0.260 e. The smallest absolute Gasteiger partial charge is 0.260 e. The topological polar surface area (TPSA) is 49.8 Å². The van der Waals surface area contributed by atoms with Crippen molar-refractivity contribution >= 4 is 5.91 Å². The number of aliphatic hydroxyl groups is 1. The molecule has 1 rings (SSSR count). The Labute approximate surface area is 99.6 Å². The molecule has 1 amide bonds. The number of likely N-dealkylation sites (N-methyl/N-ethyl adjacent to an activating group) is 1. The molecule has 0 aromatic heterocycles. The number of hydrogen-bond acceptors (Lipinski definition) is 3. The highest BCUT2D eigenvalue weighted by molar-refractivity contribution is 5.77. The SMILES string of the molecule is CC(CO)N(C)C(=O)COc1cccc(F)c1. The first-order valence-electron chi connectivity index (χ1n) is 5.29. The molecule has 0 radical (unpaired) electrons. The summed E-state index contributed by atoms with van der Waals surface area (Å²) in [4.78, 5) is 13.0. The predicted octanol–water partition coefficient (Wildman–Crippen LogP) is 1.04. The van der Waals surface area contributed by atoms with E-state index in [4.69, 9.17) is 9.84 Å². The van der Waals surface area contributed by atoms with Crippen molar-refractivity contribution in [2.24, 2.45) is 0 Å². The molecule has 0 fully saturated rings. The first-order chi connectivity index (χ1) is 8.04. The zero-order valence-corrected chi connectivity index (χ0v) is 9.89. The van der Waals surface area contributed by atoms with E-state index in [9.17, 15) is 9.18 Å². The monoisotopic (exact) mass is 241 g/mol. The highest BCUT2D eigenvalue weighted by Crippen LogP contribution is 2.11. The first-order valence-corrected chi connectivity index (χ1v) is 5.29. The summed E-state index contributed by atoms with van der Waals surface area (Å²) in [6.45, 7) is 1.44. The van der Waals surface area contributed by atoms with E-state index in [0.717, 1.165) is 0 Å². The fourth-order valence-corrected chi connectivity index (χ4v) is 1.17. The van der Waals surface area contributed by atoms with Crippen LogP contribution in [-0.2, 0) is 4.79 Å². The van der Waals surface area contributed by atoms with E-state index >= 15 is 0 Å². The quantitative estimate of drug-likeness (QED) is 0.838. The van der Waals surface area contributed by atoms with E-state index in [1.807, 2.05) is 0 Å². The normalized spacial score (nSPS) is 12.0. The zero-order chi connectivity index (χ0) is 12.8. The molecule has 0 spiro atoms. The lowest BCUT2D eigenvalue weighted by Gasteiger charge is -2.23. The van der Waals surface area contributed by atoms with E-state index in [1.54, 1.807) is 20.0 Å². The van der Waals surface area contributed by atoms with Gasteiger partial charge in [0.15, 0.2) is 6.61 Å². The minimum atomic E-state index is -0.410. The van der Waals surface area contributed by atoms with Gasteiger partial charge in [-0.1, -0.05) is 6.07 Å². The third kappa shape index (κ3) is 4.03. The molecule has 1 N–H and O–H groups in total. The maximum atomic E-state index is 12.8. The molecule has 94 valence electrons. The van der Waals surface area contributed by atoms with Crippen LogP contribution in [0.5, 0.6) is 5.75 Å². The number of aliphatic hydroxyl groups excluding tert-OH is 1. The molecular weight excluding hydrogens is 225 g/mol. The van der Waals surface area contributed by atoms with Crippen molar-refractivity contribution in [3.05, 3.63) is 30.1 Å². The molecule has 0 aliphatic carbocycles. The van der Waals surface area contributed by atoms with Gasteiger partial charge >= 0.3 is 0 Å².